The van der Waals surface area contributed by atoms with Gasteiger partial charge in [-0.05, 0) is 44.4 Å². The van der Waals surface area contributed by atoms with E-state index in [1.54, 1.807) is 24.4 Å². The molecule has 1 aromatic heterocycles. The minimum absolute atomic E-state index is 0.168. The summed E-state index contributed by atoms with van der Waals surface area (Å²) in [4.78, 5) is 11.4. The molecule has 1 atom stereocenters. The van der Waals surface area contributed by atoms with Crippen molar-refractivity contribution in [3.8, 4) is 11.6 Å². The van der Waals surface area contributed by atoms with E-state index in [-0.39, 0.29) is 11.8 Å². The van der Waals surface area contributed by atoms with Gasteiger partial charge in [-0.15, -0.1) is 0 Å². The van der Waals surface area contributed by atoms with E-state index >= 15 is 0 Å². The van der Waals surface area contributed by atoms with Crippen LogP contribution >= 0.6 is 0 Å². The molecule has 0 bridgehead atoms. The van der Waals surface area contributed by atoms with Crippen LogP contribution in [0.1, 0.15) is 37.4 Å². The molecule has 3 heterocycles. The van der Waals surface area contributed by atoms with Gasteiger partial charge in [0.05, 0.1) is 24.1 Å². The van der Waals surface area contributed by atoms with Crippen molar-refractivity contribution < 1.29 is 13.9 Å². The number of para-hydroxylation sites is 1. The van der Waals surface area contributed by atoms with Gasteiger partial charge in [-0.3, -0.25) is 9.88 Å². The lowest BCUT2D eigenvalue weighted by atomic mass is 10.0. The summed E-state index contributed by atoms with van der Waals surface area (Å²) in [7, 11) is 0. The number of benzene rings is 1. The molecule has 0 N–H and O–H groups in total. The molecule has 0 spiro atoms. The first-order valence-electron chi connectivity index (χ1n) is 8.89. The highest BCUT2D eigenvalue weighted by atomic mass is 19.1. The molecule has 2 aliphatic rings. The molecule has 2 saturated heterocycles. The van der Waals surface area contributed by atoms with Gasteiger partial charge in [0.1, 0.15) is 0 Å². The van der Waals surface area contributed by atoms with Gasteiger partial charge in [0.25, 0.3) is 0 Å². The summed E-state index contributed by atoms with van der Waals surface area (Å²) in [6.45, 7) is 2.74. The smallest absolute Gasteiger partial charge is 0.238 e. The molecule has 0 radical (unpaired) electrons. The second-order valence-corrected chi connectivity index (χ2v) is 6.55. The van der Waals surface area contributed by atoms with Crippen molar-refractivity contribution in [1.29, 1.82) is 0 Å². The fraction of sp³-hybridized carbons (Fsp3) is 0.474. The molecule has 25 heavy (non-hydrogen) atoms. The number of ether oxygens (including phenoxy) is 2. The lowest BCUT2D eigenvalue weighted by Crippen LogP contribution is -2.39. The highest BCUT2D eigenvalue weighted by Crippen LogP contribution is 2.35. The van der Waals surface area contributed by atoms with Gasteiger partial charge >= 0.3 is 0 Å². The van der Waals surface area contributed by atoms with Crippen molar-refractivity contribution in [2.75, 3.05) is 19.8 Å². The molecule has 5 nitrogen and oxygen atoms in total. The SMILES string of the molecule is Fc1ccccc1Oc1cncc([C@H]2CCCN2C2CCOCC2)n1. The van der Waals surface area contributed by atoms with Crippen LogP contribution in [0.2, 0.25) is 0 Å². The van der Waals surface area contributed by atoms with E-state index in [2.05, 4.69) is 14.9 Å². The zero-order valence-electron chi connectivity index (χ0n) is 14.1. The summed E-state index contributed by atoms with van der Waals surface area (Å²) in [5, 5.41) is 0. The van der Waals surface area contributed by atoms with E-state index in [1.165, 1.54) is 12.3 Å². The summed E-state index contributed by atoms with van der Waals surface area (Å²) < 4.78 is 24.9. The average molecular weight is 343 g/mol. The molecular formula is C19H22FN3O2. The van der Waals surface area contributed by atoms with Crippen LogP contribution in [-0.2, 0) is 4.74 Å². The third kappa shape index (κ3) is 3.65. The summed E-state index contributed by atoms with van der Waals surface area (Å²) in [6, 6.07) is 7.12. The second-order valence-electron chi connectivity index (χ2n) is 6.55. The summed E-state index contributed by atoms with van der Waals surface area (Å²) in [6.07, 6.45) is 7.68. The third-order valence-corrected chi connectivity index (χ3v) is 4.98. The Balaban J connectivity index is 1.53. The van der Waals surface area contributed by atoms with Crippen LogP contribution in [-0.4, -0.2) is 40.7 Å². The van der Waals surface area contributed by atoms with Crippen LogP contribution in [0.5, 0.6) is 11.6 Å². The molecule has 2 aliphatic heterocycles. The van der Waals surface area contributed by atoms with Crippen molar-refractivity contribution in [2.45, 2.75) is 37.8 Å². The monoisotopic (exact) mass is 343 g/mol. The van der Waals surface area contributed by atoms with Crippen LogP contribution in [0.25, 0.3) is 0 Å². The molecular weight excluding hydrogens is 321 g/mol. The fourth-order valence-electron chi connectivity index (χ4n) is 3.77. The van der Waals surface area contributed by atoms with Crippen molar-refractivity contribution >= 4 is 0 Å². The van der Waals surface area contributed by atoms with Crippen molar-refractivity contribution in [3.63, 3.8) is 0 Å². The van der Waals surface area contributed by atoms with Gasteiger partial charge in [-0.25, -0.2) is 9.37 Å². The van der Waals surface area contributed by atoms with Gasteiger partial charge < -0.3 is 9.47 Å². The van der Waals surface area contributed by atoms with Gasteiger partial charge in [0.15, 0.2) is 11.6 Å². The summed E-state index contributed by atoms with van der Waals surface area (Å²) in [5.41, 5.74) is 0.901. The molecule has 0 aliphatic carbocycles. The van der Waals surface area contributed by atoms with E-state index in [0.29, 0.717) is 11.9 Å². The lowest BCUT2D eigenvalue weighted by Gasteiger charge is -2.35. The number of hydrogen-bond donors (Lipinski definition) is 0. The molecule has 0 saturated carbocycles. The molecule has 0 amide bonds. The topological polar surface area (TPSA) is 47.5 Å². The van der Waals surface area contributed by atoms with Crippen LogP contribution in [0.15, 0.2) is 36.7 Å². The predicted octanol–water partition coefficient (Wildman–Crippen LogP) is 3.72. The quantitative estimate of drug-likeness (QED) is 0.847. The average Bonchev–Trinajstić information content (AvgIpc) is 3.15. The van der Waals surface area contributed by atoms with Crippen LogP contribution in [0, 0.1) is 5.82 Å². The van der Waals surface area contributed by atoms with Crippen molar-refractivity contribution in [2.24, 2.45) is 0 Å². The molecule has 4 rings (SSSR count). The minimum Gasteiger partial charge on any atom is -0.434 e. The standard InChI is InChI=1S/C19H22FN3O2/c20-15-4-1-2-6-18(15)25-19-13-21-12-16(22-19)17-5-3-9-23(17)14-7-10-24-11-8-14/h1-2,4,6,12-14,17H,3,5,7-11H2/t17-/m1/s1. The van der Waals surface area contributed by atoms with Crippen LogP contribution in [0.3, 0.4) is 0 Å². The number of halogens is 1. The highest BCUT2D eigenvalue weighted by Gasteiger charge is 2.33. The van der Waals surface area contributed by atoms with Gasteiger partial charge in [-0.1, -0.05) is 12.1 Å². The van der Waals surface area contributed by atoms with Crippen molar-refractivity contribution in [1.82, 2.24) is 14.9 Å². The maximum atomic E-state index is 13.8. The third-order valence-electron chi connectivity index (χ3n) is 4.98. The normalized spacial score (nSPS) is 22.2. The van der Waals surface area contributed by atoms with E-state index in [4.69, 9.17) is 9.47 Å². The number of likely N-dealkylation sites (tertiary alicyclic amines) is 1. The van der Waals surface area contributed by atoms with Crippen molar-refractivity contribution in [3.05, 3.63) is 48.2 Å². The Bertz CT molecular complexity index is 721. The lowest BCUT2D eigenvalue weighted by molar-refractivity contribution is 0.0284. The fourth-order valence-corrected chi connectivity index (χ4v) is 3.77. The maximum absolute atomic E-state index is 13.8. The van der Waals surface area contributed by atoms with Crippen LogP contribution < -0.4 is 4.74 Å². The first-order valence-corrected chi connectivity index (χ1v) is 8.89. The molecule has 6 heteroatoms. The largest absolute Gasteiger partial charge is 0.434 e. The van der Waals surface area contributed by atoms with Gasteiger partial charge in [-0.2, -0.15) is 0 Å². The van der Waals surface area contributed by atoms with Crippen LogP contribution in [0.4, 0.5) is 4.39 Å². The number of rotatable bonds is 4. The Morgan fingerprint density at radius 1 is 1.12 bits per heavy atom. The first-order chi connectivity index (χ1) is 12.3. The molecule has 2 aromatic rings. The second kappa shape index (κ2) is 7.45. The number of hydrogen-bond acceptors (Lipinski definition) is 5. The molecule has 2 fully saturated rings. The zero-order chi connectivity index (χ0) is 17.1. The maximum Gasteiger partial charge on any atom is 0.238 e. The molecule has 0 unspecified atom stereocenters. The predicted molar refractivity (Wildman–Crippen MR) is 91.0 cm³/mol. The minimum atomic E-state index is -0.403. The zero-order valence-corrected chi connectivity index (χ0v) is 14.1. The molecule has 132 valence electrons. The Labute approximate surface area is 146 Å². The molecule has 1 aromatic carbocycles. The van der Waals surface area contributed by atoms with Gasteiger partial charge in [0, 0.05) is 19.3 Å². The Hall–Kier alpha value is -2.05. The Morgan fingerprint density at radius 3 is 2.80 bits per heavy atom. The van der Waals surface area contributed by atoms with E-state index < -0.39 is 5.82 Å². The van der Waals surface area contributed by atoms with E-state index in [9.17, 15) is 4.39 Å². The summed E-state index contributed by atoms with van der Waals surface area (Å²) in [5.74, 6) is 0.0995. The Kier molecular flexibility index (Phi) is 4.90. The van der Waals surface area contributed by atoms with Gasteiger partial charge in [0.2, 0.25) is 5.88 Å². The summed E-state index contributed by atoms with van der Waals surface area (Å²) >= 11 is 0. The highest BCUT2D eigenvalue weighted by molar-refractivity contribution is 5.28. The van der Waals surface area contributed by atoms with E-state index in [0.717, 1.165) is 51.1 Å². The Morgan fingerprint density at radius 2 is 1.96 bits per heavy atom. The number of aromatic nitrogens is 2. The first kappa shape index (κ1) is 16.4. The number of nitrogens with zero attached hydrogens (tertiary/aromatic N) is 3. The van der Waals surface area contributed by atoms with E-state index in [1.807, 2.05) is 0 Å².